The molecule has 0 radical (unpaired) electrons. The molecule has 1 N–H and O–H groups in total. The molecule has 0 spiro atoms. The molecule has 0 aromatic heterocycles. The van der Waals surface area contributed by atoms with E-state index in [0.29, 0.717) is 11.5 Å². The molecule has 1 fully saturated rings. The zero-order valence-electron chi connectivity index (χ0n) is 11.3. The molecule has 0 bridgehead atoms. The minimum atomic E-state index is -0.907. The maximum Gasteiger partial charge on any atom is 0.123 e. The highest BCUT2D eigenvalue weighted by atomic mass is 19.1. The maximum absolute atomic E-state index is 13.3. The van der Waals surface area contributed by atoms with E-state index in [4.69, 9.17) is 0 Å². The van der Waals surface area contributed by atoms with Gasteiger partial charge in [-0.25, -0.2) is 4.39 Å². The molecule has 1 saturated carbocycles. The Hall–Kier alpha value is -0.890. The van der Waals surface area contributed by atoms with Gasteiger partial charge < -0.3 is 5.11 Å². The Morgan fingerprint density at radius 2 is 2.17 bits per heavy atom. The first-order valence-corrected chi connectivity index (χ1v) is 7.02. The molecule has 1 aliphatic rings. The molecular formula is C16H23FO. The van der Waals surface area contributed by atoms with Crippen molar-refractivity contribution in [1.29, 1.82) is 0 Å². The number of halogens is 1. The third-order valence-corrected chi connectivity index (χ3v) is 4.56. The summed E-state index contributed by atoms with van der Waals surface area (Å²) >= 11 is 0. The molecule has 1 aromatic carbocycles. The van der Waals surface area contributed by atoms with Gasteiger partial charge in [0.25, 0.3) is 0 Å². The quantitative estimate of drug-likeness (QED) is 0.850. The molecule has 0 aliphatic heterocycles. The van der Waals surface area contributed by atoms with E-state index in [2.05, 4.69) is 6.92 Å². The van der Waals surface area contributed by atoms with Gasteiger partial charge in [0.2, 0.25) is 0 Å². The fourth-order valence-corrected chi connectivity index (χ4v) is 3.21. The number of hydrogen-bond donors (Lipinski definition) is 1. The molecule has 3 unspecified atom stereocenters. The second-order valence-electron chi connectivity index (χ2n) is 5.80. The van der Waals surface area contributed by atoms with Gasteiger partial charge in [-0.2, -0.15) is 0 Å². The van der Waals surface area contributed by atoms with Crippen LogP contribution < -0.4 is 0 Å². The van der Waals surface area contributed by atoms with Gasteiger partial charge in [0.1, 0.15) is 5.82 Å². The second-order valence-corrected chi connectivity index (χ2v) is 5.80. The minimum Gasteiger partial charge on any atom is -0.385 e. The van der Waals surface area contributed by atoms with E-state index in [9.17, 15) is 9.50 Å². The monoisotopic (exact) mass is 250 g/mol. The molecule has 3 atom stereocenters. The molecule has 18 heavy (non-hydrogen) atoms. The van der Waals surface area contributed by atoms with Gasteiger partial charge in [-0.15, -0.1) is 0 Å². The van der Waals surface area contributed by atoms with Crippen molar-refractivity contribution in [2.75, 3.05) is 0 Å². The molecule has 100 valence electrons. The topological polar surface area (TPSA) is 20.2 Å². The Morgan fingerprint density at radius 3 is 2.83 bits per heavy atom. The Bertz CT molecular complexity index is 400. The third kappa shape index (κ3) is 2.74. The lowest BCUT2D eigenvalue weighted by Crippen LogP contribution is -2.35. The summed E-state index contributed by atoms with van der Waals surface area (Å²) in [6.07, 6.45) is 5.72. The van der Waals surface area contributed by atoms with Crippen LogP contribution in [0.4, 0.5) is 4.39 Å². The minimum absolute atomic E-state index is 0.248. The smallest absolute Gasteiger partial charge is 0.123 e. The van der Waals surface area contributed by atoms with Crippen LogP contribution in [0.25, 0.3) is 0 Å². The molecular weight excluding hydrogens is 227 g/mol. The second kappa shape index (κ2) is 5.40. The predicted molar refractivity (Wildman–Crippen MR) is 71.7 cm³/mol. The Morgan fingerprint density at radius 1 is 1.39 bits per heavy atom. The number of hydrogen-bond acceptors (Lipinski definition) is 1. The molecule has 0 saturated heterocycles. The van der Waals surface area contributed by atoms with Gasteiger partial charge in [0.15, 0.2) is 0 Å². The lowest BCUT2D eigenvalue weighted by Gasteiger charge is -2.39. The fourth-order valence-electron chi connectivity index (χ4n) is 3.21. The molecule has 2 rings (SSSR count). The van der Waals surface area contributed by atoms with E-state index in [1.54, 1.807) is 6.07 Å². The van der Waals surface area contributed by atoms with Gasteiger partial charge in [-0.3, -0.25) is 0 Å². The van der Waals surface area contributed by atoms with Gasteiger partial charge in [-0.05, 0) is 49.3 Å². The predicted octanol–water partition coefficient (Wildman–Crippen LogP) is 4.25. The molecule has 1 aliphatic carbocycles. The molecule has 2 heteroatoms. The van der Waals surface area contributed by atoms with Crippen molar-refractivity contribution in [1.82, 2.24) is 0 Å². The lowest BCUT2D eigenvalue weighted by molar-refractivity contribution is -0.0314. The lowest BCUT2D eigenvalue weighted by atomic mass is 9.70. The van der Waals surface area contributed by atoms with Crippen molar-refractivity contribution in [3.63, 3.8) is 0 Å². The average Bonchev–Trinajstić information content (AvgIpc) is 2.39. The van der Waals surface area contributed by atoms with Crippen LogP contribution in [0.3, 0.4) is 0 Å². The van der Waals surface area contributed by atoms with Crippen LogP contribution in [-0.4, -0.2) is 5.11 Å². The van der Waals surface area contributed by atoms with Crippen LogP contribution in [0.1, 0.15) is 51.5 Å². The third-order valence-electron chi connectivity index (χ3n) is 4.56. The first-order chi connectivity index (χ1) is 8.54. The van der Waals surface area contributed by atoms with Crippen molar-refractivity contribution in [3.8, 4) is 0 Å². The zero-order chi connectivity index (χ0) is 13.2. The highest BCUT2D eigenvalue weighted by Crippen LogP contribution is 2.42. The maximum atomic E-state index is 13.3. The fraction of sp³-hybridized carbons (Fsp3) is 0.625. The Labute approximate surface area is 109 Å². The van der Waals surface area contributed by atoms with E-state index in [0.717, 1.165) is 12.8 Å². The van der Waals surface area contributed by atoms with Crippen molar-refractivity contribution in [2.45, 2.75) is 51.6 Å². The Kier molecular flexibility index (Phi) is 4.06. The summed E-state index contributed by atoms with van der Waals surface area (Å²) in [6.45, 7) is 4.05. The van der Waals surface area contributed by atoms with E-state index in [1.807, 2.05) is 13.0 Å². The highest BCUT2D eigenvalue weighted by Gasteiger charge is 2.36. The van der Waals surface area contributed by atoms with Crippen LogP contribution >= 0.6 is 0 Å². The summed E-state index contributed by atoms with van der Waals surface area (Å²) in [7, 11) is 0. The first kappa shape index (κ1) is 13.5. The first-order valence-electron chi connectivity index (χ1n) is 7.02. The van der Waals surface area contributed by atoms with Crippen LogP contribution in [0, 0.1) is 17.7 Å². The van der Waals surface area contributed by atoms with E-state index < -0.39 is 5.60 Å². The summed E-state index contributed by atoms with van der Waals surface area (Å²) < 4.78 is 13.3. The Balaban J connectivity index is 2.19. The van der Waals surface area contributed by atoms with E-state index >= 15 is 0 Å². The van der Waals surface area contributed by atoms with Gasteiger partial charge in [0.05, 0.1) is 5.60 Å². The normalized spacial score (nSPS) is 27.8. The number of aliphatic hydroxyl groups is 1. The molecule has 0 heterocycles. The largest absolute Gasteiger partial charge is 0.385 e. The summed E-state index contributed by atoms with van der Waals surface area (Å²) in [5.74, 6) is 0.692. The molecule has 1 nitrogen and oxygen atoms in total. The van der Waals surface area contributed by atoms with Crippen LogP contribution in [0.5, 0.6) is 0 Å². The summed E-state index contributed by atoms with van der Waals surface area (Å²) in [5, 5.41) is 10.8. The summed E-state index contributed by atoms with van der Waals surface area (Å²) in [6, 6.07) is 6.41. The molecule has 0 amide bonds. The van der Waals surface area contributed by atoms with Gasteiger partial charge in [0, 0.05) is 0 Å². The summed E-state index contributed by atoms with van der Waals surface area (Å²) in [5.41, 5.74) is -0.195. The van der Waals surface area contributed by atoms with Crippen molar-refractivity contribution < 1.29 is 9.50 Å². The van der Waals surface area contributed by atoms with Crippen molar-refractivity contribution >= 4 is 0 Å². The standard InChI is InChI=1S/C16H23FO/c1-3-12-6-4-7-13(10-12)16(2,18)14-8-5-9-15(17)11-14/h5,8-9,11-13,18H,3-4,6-7,10H2,1-2H3. The van der Waals surface area contributed by atoms with Gasteiger partial charge >= 0.3 is 0 Å². The van der Waals surface area contributed by atoms with Gasteiger partial charge in [-0.1, -0.05) is 38.3 Å². The average molecular weight is 250 g/mol. The highest BCUT2D eigenvalue weighted by molar-refractivity contribution is 5.23. The summed E-state index contributed by atoms with van der Waals surface area (Å²) in [4.78, 5) is 0. The molecule has 1 aromatic rings. The SMILES string of the molecule is CCC1CCCC(C(C)(O)c2cccc(F)c2)C1. The van der Waals surface area contributed by atoms with E-state index in [1.165, 1.54) is 31.4 Å². The number of benzene rings is 1. The van der Waals surface area contributed by atoms with E-state index in [-0.39, 0.29) is 11.7 Å². The van der Waals surface area contributed by atoms with Crippen LogP contribution in [0.15, 0.2) is 24.3 Å². The van der Waals surface area contributed by atoms with Crippen LogP contribution in [-0.2, 0) is 5.60 Å². The van der Waals surface area contributed by atoms with Crippen molar-refractivity contribution in [3.05, 3.63) is 35.6 Å². The van der Waals surface area contributed by atoms with Crippen molar-refractivity contribution in [2.24, 2.45) is 11.8 Å². The van der Waals surface area contributed by atoms with Crippen LogP contribution in [0.2, 0.25) is 0 Å². The number of rotatable bonds is 3. The zero-order valence-corrected chi connectivity index (χ0v) is 11.3.